The summed E-state index contributed by atoms with van der Waals surface area (Å²) in [5, 5.41) is 15.4. The summed E-state index contributed by atoms with van der Waals surface area (Å²) in [5.74, 6) is -0.723. The van der Waals surface area contributed by atoms with Crippen molar-refractivity contribution in [1.29, 1.82) is 0 Å². The van der Waals surface area contributed by atoms with Crippen molar-refractivity contribution >= 4 is 17.2 Å². The Kier molecular flexibility index (Phi) is 5.24. The number of halogens is 3. The molecule has 2 aromatic heterocycles. The third-order valence-electron chi connectivity index (χ3n) is 3.71. The van der Waals surface area contributed by atoms with E-state index in [0.29, 0.717) is 4.88 Å². The van der Waals surface area contributed by atoms with Gasteiger partial charge in [-0.05, 0) is 47.8 Å². The number of benzene rings is 1. The zero-order valence-corrected chi connectivity index (χ0v) is 14.5. The highest BCUT2D eigenvalue weighted by atomic mass is 32.1. The van der Waals surface area contributed by atoms with Crippen LogP contribution in [0.2, 0.25) is 0 Å². The molecule has 0 aliphatic rings. The summed E-state index contributed by atoms with van der Waals surface area (Å²) in [6.07, 6.45) is -3.39. The summed E-state index contributed by atoms with van der Waals surface area (Å²) < 4.78 is 45.6. The van der Waals surface area contributed by atoms with E-state index in [-0.39, 0.29) is 17.9 Å². The average molecular weight is 397 g/mol. The van der Waals surface area contributed by atoms with Crippen molar-refractivity contribution in [3.8, 4) is 5.75 Å². The number of furan rings is 1. The average Bonchev–Trinajstić information content (AvgIpc) is 3.32. The lowest BCUT2D eigenvalue weighted by atomic mass is 9.98. The number of aliphatic hydroxyl groups is 1. The number of hydrogen-bond acceptors (Lipinski definition) is 5. The minimum absolute atomic E-state index is 0.123. The van der Waals surface area contributed by atoms with Gasteiger partial charge in [-0.3, -0.25) is 4.79 Å². The van der Waals surface area contributed by atoms with Crippen LogP contribution in [-0.4, -0.2) is 23.9 Å². The van der Waals surface area contributed by atoms with E-state index in [0.717, 1.165) is 12.1 Å². The molecule has 0 fully saturated rings. The first-order valence-corrected chi connectivity index (χ1v) is 8.60. The number of amides is 1. The molecule has 142 valence electrons. The van der Waals surface area contributed by atoms with Crippen molar-refractivity contribution in [2.45, 2.75) is 12.0 Å². The first kappa shape index (κ1) is 19.0. The van der Waals surface area contributed by atoms with Crippen LogP contribution in [0.25, 0.3) is 0 Å². The fourth-order valence-corrected chi connectivity index (χ4v) is 3.27. The smallest absolute Gasteiger partial charge is 0.466 e. The number of alkyl halides is 3. The van der Waals surface area contributed by atoms with Crippen molar-refractivity contribution in [2.75, 3.05) is 6.54 Å². The Morgan fingerprint density at radius 2 is 1.89 bits per heavy atom. The van der Waals surface area contributed by atoms with E-state index in [1.165, 1.54) is 29.7 Å². The summed E-state index contributed by atoms with van der Waals surface area (Å²) in [6.45, 7) is -0.180. The highest BCUT2D eigenvalue weighted by molar-refractivity contribution is 7.10. The number of rotatable bonds is 6. The number of nitrogens with one attached hydrogen (secondary N) is 1. The molecule has 5 nitrogen and oxygen atoms in total. The number of ether oxygens (including phenoxy) is 1. The van der Waals surface area contributed by atoms with E-state index >= 15 is 0 Å². The Bertz CT molecular complexity index is 840. The first-order chi connectivity index (χ1) is 12.8. The van der Waals surface area contributed by atoms with Gasteiger partial charge in [0.15, 0.2) is 5.60 Å². The summed E-state index contributed by atoms with van der Waals surface area (Å²) >= 11 is 1.30. The fourth-order valence-electron chi connectivity index (χ4n) is 2.44. The Hall–Kier alpha value is -2.78. The predicted molar refractivity (Wildman–Crippen MR) is 91.5 cm³/mol. The van der Waals surface area contributed by atoms with Crippen molar-refractivity contribution in [3.05, 3.63) is 76.4 Å². The minimum Gasteiger partial charge on any atom is -0.466 e. The van der Waals surface area contributed by atoms with E-state index in [4.69, 9.17) is 4.42 Å². The quantitative estimate of drug-likeness (QED) is 0.662. The van der Waals surface area contributed by atoms with Crippen molar-refractivity contribution in [3.63, 3.8) is 0 Å². The monoisotopic (exact) mass is 397 g/mol. The molecule has 0 saturated heterocycles. The van der Waals surface area contributed by atoms with E-state index in [9.17, 15) is 23.1 Å². The lowest BCUT2D eigenvalue weighted by molar-refractivity contribution is -0.274. The second-order valence-electron chi connectivity index (χ2n) is 5.57. The van der Waals surface area contributed by atoms with Gasteiger partial charge >= 0.3 is 6.36 Å². The summed E-state index contributed by atoms with van der Waals surface area (Å²) in [7, 11) is 0. The largest absolute Gasteiger partial charge is 0.573 e. The molecule has 9 heteroatoms. The highest BCUT2D eigenvalue weighted by Gasteiger charge is 2.36. The van der Waals surface area contributed by atoms with E-state index in [2.05, 4.69) is 10.1 Å². The molecule has 0 saturated carbocycles. The predicted octanol–water partition coefficient (Wildman–Crippen LogP) is 3.91. The molecule has 0 radical (unpaired) electrons. The van der Waals surface area contributed by atoms with Crippen molar-refractivity contribution < 1.29 is 32.2 Å². The highest BCUT2D eigenvalue weighted by Crippen LogP contribution is 2.32. The summed E-state index contributed by atoms with van der Waals surface area (Å²) in [5.41, 5.74) is -1.44. The van der Waals surface area contributed by atoms with Crippen LogP contribution in [-0.2, 0) is 5.60 Å². The van der Waals surface area contributed by atoms with Gasteiger partial charge in [-0.2, -0.15) is 0 Å². The number of carbonyl (C=O) groups is 1. The molecule has 1 amide bonds. The fraction of sp³-hybridized carbons (Fsp3) is 0.167. The van der Waals surface area contributed by atoms with Crippen LogP contribution < -0.4 is 10.1 Å². The Morgan fingerprint density at radius 3 is 2.44 bits per heavy atom. The van der Waals surface area contributed by atoms with Gasteiger partial charge in [0.05, 0.1) is 12.8 Å². The summed E-state index contributed by atoms with van der Waals surface area (Å²) in [4.78, 5) is 12.9. The Balaban J connectivity index is 1.72. The van der Waals surface area contributed by atoms with Crippen LogP contribution in [0.4, 0.5) is 13.2 Å². The second-order valence-corrected chi connectivity index (χ2v) is 6.52. The third-order valence-corrected chi connectivity index (χ3v) is 4.73. The minimum atomic E-state index is -4.80. The maximum Gasteiger partial charge on any atom is 0.573 e. The third kappa shape index (κ3) is 4.50. The molecule has 2 N–H and O–H groups in total. The first-order valence-electron chi connectivity index (χ1n) is 7.72. The van der Waals surface area contributed by atoms with Crippen LogP contribution in [0.15, 0.2) is 64.6 Å². The van der Waals surface area contributed by atoms with Crippen LogP contribution in [0.5, 0.6) is 5.75 Å². The standard InChI is InChI=1S/C18H14F3NO4S/c19-18(20,21)26-13-7-5-12(6-8-13)16(23)22-11-17(24,14-3-1-9-25-14)15-4-2-10-27-15/h1-10,24H,11H2,(H,22,23)/t17-/m1/s1. The topological polar surface area (TPSA) is 71.7 Å². The molecule has 3 aromatic rings. The van der Waals surface area contributed by atoms with Gasteiger partial charge in [0, 0.05) is 10.4 Å². The molecule has 0 unspecified atom stereocenters. The molecule has 1 atom stereocenters. The van der Waals surface area contributed by atoms with E-state index in [1.54, 1.807) is 29.6 Å². The lowest BCUT2D eigenvalue weighted by Gasteiger charge is -2.25. The molecule has 0 aliphatic carbocycles. The van der Waals surface area contributed by atoms with Crippen molar-refractivity contribution in [2.24, 2.45) is 0 Å². The van der Waals surface area contributed by atoms with E-state index in [1.807, 2.05) is 0 Å². The SMILES string of the molecule is O=C(NC[C@@](O)(c1ccco1)c1cccs1)c1ccc(OC(F)(F)F)cc1. The lowest BCUT2D eigenvalue weighted by Crippen LogP contribution is -2.41. The maximum atomic E-state index is 12.3. The summed E-state index contributed by atoms with van der Waals surface area (Å²) in [6, 6.07) is 11.2. The van der Waals surface area contributed by atoms with Gasteiger partial charge in [0.2, 0.25) is 0 Å². The molecule has 0 bridgehead atoms. The molecular weight excluding hydrogens is 383 g/mol. The zero-order valence-electron chi connectivity index (χ0n) is 13.7. The molecule has 1 aromatic carbocycles. The Morgan fingerprint density at radius 1 is 1.15 bits per heavy atom. The number of carbonyl (C=O) groups excluding carboxylic acids is 1. The van der Waals surface area contributed by atoms with Gasteiger partial charge in [0.1, 0.15) is 11.5 Å². The van der Waals surface area contributed by atoms with Gasteiger partial charge in [-0.25, -0.2) is 0 Å². The van der Waals surface area contributed by atoms with Gasteiger partial charge < -0.3 is 19.6 Å². The van der Waals surface area contributed by atoms with Gasteiger partial charge in [0.25, 0.3) is 5.91 Å². The molecule has 0 aliphatic heterocycles. The molecular formula is C18H14F3NO4S. The van der Waals surface area contributed by atoms with Crippen LogP contribution in [0.1, 0.15) is 21.0 Å². The molecule has 0 spiro atoms. The van der Waals surface area contributed by atoms with Gasteiger partial charge in [-0.1, -0.05) is 6.07 Å². The van der Waals surface area contributed by atoms with E-state index < -0.39 is 23.6 Å². The second kappa shape index (κ2) is 7.45. The molecule has 2 heterocycles. The van der Waals surface area contributed by atoms with Crippen molar-refractivity contribution in [1.82, 2.24) is 5.32 Å². The van der Waals surface area contributed by atoms with Gasteiger partial charge in [-0.15, -0.1) is 24.5 Å². The Labute approximate surface area is 156 Å². The zero-order chi connectivity index (χ0) is 19.5. The molecule has 27 heavy (non-hydrogen) atoms. The maximum absolute atomic E-state index is 12.3. The number of hydrogen-bond donors (Lipinski definition) is 2. The van der Waals surface area contributed by atoms with Crippen LogP contribution in [0.3, 0.4) is 0 Å². The number of thiophene rings is 1. The van der Waals surface area contributed by atoms with Crippen LogP contribution in [0, 0.1) is 0 Å². The normalized spacial score (nSPS) is 13.8. The molecule has 3 rings (SSSR count). The van der Waals surface area contributed by atoms with Crippen LogP contribution >= 0.6 is 11.3 Å².